The van der Waals surface area contributed by atoms with Crippen LogP contribution < -0.4 is 15.0 Å². The van der Waals surface area contributed by atoms with Crippen LogP contribution in [0.1, 0.15) is 54.6 Å². The lowest BCUT2D eigenvalue weighted by atomic mass is 10.0. The van der Waals surface area contributed by atoms with Crippen LogP contribution in [0.2, 0.25) is 0 Å². The van der Waals surface area contributed by atoms with Crippen LogP contribution in [-0.4, -0.2) is 24.5 Å². The van der Waals surface area contributed by atoms with Gasteiger partial charge in [-0.25, -0.2) is 0 Å². The molecule has 1 atom stereocenters. The van der Waals surface area contributed by atoms with Gasteiger partial charge < -0.3 is 15.0 Å². The van der Waals surface area contributed by atoms with E-state index in [1.54, 1.807) is 6.92 Å². The summed E-state index contributed by atoms with van der Waals surface area (Å²) in [6, 6.07) is 4.94. The fraction of sp³-hybridized carbons (Fsp3) is 0.391. The summed E-state index contributed by atoms with van der Waals surface area (Å²) in [5.41, 5.74) is -3.54. The second kappa shape index (κ2) is 9.55. The van der Waals surface area contributed by atoms with Crippen molar-refractivity contribution in [3.05, 3.63) is 53.1 Å². The first-order valence-corrected chi connectivity index (χ1v) is 10.5. The summed E-state index contributed by atoms with van der Waals surface area (Å²) in [4.78, 5) is 26.7. The number of fused-ring (bicyclic) bond motifs is 1. The predicted molar refractivity (Wildman–Crippen MR) is 113 cm³/mol. The third-order valence-electron chi connectivity index (χ3n) is 5.26. The molecule has 34 heavy (non-hydrogen) atoms. The Kier molecular flexibility index (Phi) is 7.13. The van der Waals surface area contributed by atoms with Gasteiger partial charge in [-0.3, -0.25) is 9.59 Å². The molecule has 184 valence electrons. The molecule has 3 rings (SSSR count). The molecule has 0 bridgehead atoms. The van der Waals surface area contributed by atoms with Crippen molar-refractivity contribution in [3.63, 3.8) is 0 Å². The predicted octanol–water partition coefficient (Wildman–Crippen LogP) is 6.28. The third-order valence-corrected chi connectivity index (χ3v) is 5.26. The van der Waals surface area contributed by atoms with Crippen molar-refractivity contribution in [1.29, 1.82) is 0 Å². The third kappa shape index (κ3) is 5.63. The zero-order valence-electron chi connectivity index (χ0n) is 18.3. The largest absolute Gasteiger partial charge is 0.479 e. The topological polar surface area (TPSA) is 58.6 Å². The number of hydrogen-bond acceptors (Lipinski definition) is 3. The van der Waals surface area contributed by atoms with E-state index in [-0.39, 0.29) is 17.7 Å². The summed E-state index contributed by atoms with van der Waals surface area (Å²) < 4.78 is 84.2. The normalized spacial score (nSPS) is 16.2. The standard InChI is InChI=1S/C23H22F6N2O3/c1-3-4-5-8-31-18-12-17(6-7-19(18)34-13(2)21(31)33)30-20(32)14-9-15(22(24,25)26)11-16(10-14)23(27,28)29/h6-7,9-13H,3-5,8H2,1-2H3,(H,30,32). The highest BCUT2D eigenvalue weighted by Gasteiger charge is 2.37. The van der Waals surface area contributed by atoms with E-state index in [1.165, 1.54) is 23.1 Å². The molecule has 0 saturated carbocycles. The van der Waals surface area contributed by atoms with Gasteiger partial charge in [0.05, 0.1) is 16.8 Å². The first-order valence-electron chi connectivity index (χ1n) is 10.5. The Labute approximate surface area is 191 Å². The Morgan fingerprint density at radius 3 is 2.18 bits per heavy atom. The number of ether oxygens (including phenoxy) is 1. The minimum absolute atomic E-state index is 0.0476. The van der Waals surface area contributed by atoms with Crippen LogP contribution >= 0.6 is 0 Å². The van der Waals surface area contributed by atoms with E-state index in [0.717, 1.165) is 19.3 Å². The van der Waals surface area contributed by atoms with Crippen molar-refractivity contribution >= 4 is 23.2 Å². The Morgan fingerprint density at radius 2 is 1.62 bits per heavy atom. The number of halogens is 6. The SMILES string of the molecule is CCCCCN1C(=O)C(C)Oc2ccc(NC(=O)c3cc(C(F)(F)F)cc(C(F)(F)F)c3)cc21. The number of nitrogens with zero attached hydrogens (tertiary/aromatic N) is 1. The Morgan fingerprint density at radius 1 is 1.00 bits per heavy atom. The number of carbonyl (C=O) groups is 2. The maximum atomic E-state index is 13.1. The van der Waals surface area contributed by atoms with Gasteiger partial charge in [0.25, 0.3) is 11.8 Å². The molecule has 0 fully saturated rings. The molecule has 11 heteroatoms. The number of hydrogen-bond donors (Lipinski definition) is 1. The van der Waals surface area contributed by atoms with Crippen molar-refractivity contribution in [3.8, 4) is 5.75 Å². The highest BCUT2D eigenvalue weighted by atomic mass is 19.4. The van der Waals surface area contributed by atoms with Crippen molar-refractivity contribution < 1.29 is 40.7 Å². The zero-order chi connectivity index (χ0) is 25.3. The molecular formula is C23H22F6N2O3. The van der Waals surface area contributed by atoms with E-state index in [4.69, 9.17) is 4.74 Å². The summed E-state index contributed by atoms with van der Waals surface area (Å²) in [7, 11) is 0. The van der Waals surface area contributed by atoms with Crippen molar-refractivity contribution in [2.45, 2.75) is 51.6 Å². The van der Waals surface area contributed by atoms with Gasteiger partial charge in [0.1, 0.15) is 5.75 Å². The van der Waals surface area contributed by atoms with Crippen LogP contribution in [-0.2, 0) is 17.1 Å². The number of unbranched alkanes of at least 4 members (excludes halogenated alkanes) is 2. The second-order valence-corrected chi connectivity index (χ2v) is 7.89. The van der Waals surface area contributed by atoms with Crippen LogP contribution in [0, 0.1) is 0 Å². The maximum Gasteiger partial charge on any atom is 0.416 e. The lowest BCUT2D eigenvalue weighted by molar-refractivity contribution is -0.143. The number of alkyl halides is 6. The van der Waals surface area contributed by atoms with Crippen molar-refractivity contribution in [2.75, 3.05) is 16.8 Å². The molecular weight excluding hydrogens is 466 g/mol. The van der Waals surface area contributed by atoms with Gasteiger partial charge in [0.15, 0.2) is 6.10 Å². The van der Waals surface area contributed by atoms with E-state index < -0.39 is 41.1 Å². The van der Waals surface area contributed by atoms with Crippen molar-refractivity contribution in [2.24, 2.45) is 0 Å². The van der Waals surface area contributed by atoms with E-state index in [2.05, 4.69) is 5.32 Å². The lowest BCUT2D eigenvalue weighted by Gasteiger charge is -2.33. The number of amides is 2. The molecule has 0 aromatic heterocycles. The van der Waals surface area contributed by atoms with Gasteiger partial charge in [-0.15, -0.1) is 0 Å². The fourth-order valence-electron chi connectivity index (χ4n) is 3.52. The Balaban J connectivity index is 1.92. The average Bonchev–Trinajstić information content (AvgIpc) is 2.75. The number of nitrogens with one attached hydrogen (secondary N) is 1. The second-order valence-electron chi connectivity index (χ2n) is 7.89. The molecule has 1 aliphatic rings. The van der Waals surface area contributed by atoms with Gasteiger partial charge in [-0.05, 0) is 49.7 Å². The maximum absolute atomic E-state index is 13.1. The first kappa shape index (κ1) is 25.4. The molecule has 0 spiro atoms. The van der Waals surface area contributed by atoms with Gasteiger partial charge >= 0.3 is 12.4 Å². The molecule has 5 nitrogen and oxygen atoms in total. The fourth-order valence-corrected chi connectivity index (χ4v) is 3.52. The highest BCUT2D eigenvalue weighted by molar-refractivity contribution is 6.06. The summed E-state index contributed by atoms with van der Waals surface area (Å²) in [5.74, 6) is -1.08. The van der Waals surface area contributed by atoms with Gasteiger partial charge in [0.2, 0.25) is 0 Å². The molecule has 1 N–H and O–H groups in total. The molecule has 2 amide bonds. The number of rotatable bonds is 6. The van der Waals surface area contributed by atoms with E-state index in [1.807, 2.05) is 6.92 Å². The van der Waals surface area contributed by atoms with E-state index in [0.29, 0.717) is 30.1 Å². The van der Waals surface area contributed by atoms with Crippen LogP contribution in [0.3, 0.4) is 0 Å². The highest BCUT2D eigenvalue weighted by Crippen LogP contribution is 2.38. The quantitative estimate of drug-likeness (QED) is 0.385. The molecule has 2 aromatic rings. The lowest BCUT2D eigenvalue weighted by Crippen LogP contribution is -2.44. The van der Waals surface area contributed by atoms with Crippen molar-refractivity contribution in [1.82, 2.24) is 0 Å². The van der Waals surface area contributed by atoms with E-state index in [9.17, 15) is 35.9 Å². The molecule has 1 aliphatic heterocycles. The van der Waals surface area contributed by atoms with Crippen LogP contribution in [0.15, 0.2) is 36.4 Å². The molecule has 2 aromatic carbocycles. The van der Waals surface area contributed by atoms with Crippen LogP contribution in [0.5, 0.6) is 5.75 Å². The monoisotopic (exact) mass is 488 g/mol. The van der Waals surface area contributed by atoms with Crippen LogP contribution in [0.4, 0.5) is 37.7 Å². The molecule has 0 radical (unpaired) electrons. The van der Waals surface area contributed by atoms with Gasteiger partial charge in [0, 0.05) is 17.8 Å². The first-order chi connectivity index (χ1) is 15.8. The molecule has 0 aliphatic carbocycles. The van der Waals surface area contributed by atoms with Crippen LogP contribution in [0.25, 0.3) is 0 Å². The molecule has 1 unspecified atom stereocenters. The van der Waals surface area contributed by atoms with Gasteiger partial charge in [-0.2, -0.15) is 26.3 Å². The zero-order valence-corrected chi connectivity index (χ0v) is 18.3. The Hall–Kier alpha value is -3.24. The summed E-state index contributed by atoms with van der Waals surface area (Å²) in [6.07, 6.45) is -8.35. The average molecular weight is 488 g/mol. The Bertz CT molecular complexity index is 1050. The summed E-state index contributed by atoms with van der Waals surface area (Å²) >= 11 is 0. The minimum Gasteiger partial charge on any atom is -0.479 e. The molecule has 0 saturated heterocycles. The number of benzene rings is 2. The number of carbonyl (C=O) groups excluding carboxylic acids is 2. The minimum atomic E-state index is -5.07. The molecule has 1 heterocycles. The smallest absolute Gasteiger partial charge is 0.416 e. The number of anilines is 2. The summed E-state index contributed by atoms with van der Waals surface area (Å²) in [6.45, 7) is 4.00. The van der Waals surface area contributed by atoms with Gasteiger partial charge in [-0.1, -0.05) is 19.8 Å². The van der Waals surface area contributed by atoms with E-state index >= 15 is 0 Å². The summed E-state index contributed by atoms with van der Waals surface area (Å²) in [5, 5.41) is 2.31.